The zero-order chi connectivity index (χ0) is 16.0. The Kier molecular flexibility index (Phi) is 12.1. The van der Waals surface area contributed by atoms with Crippen LogP contribution < -0.4 is 0 Å². The number of ether oxygens (including phenoxy) is 1. The Bertz CT molecular complexity index is 232. The summed E-state index contributed by atoms with van der Waals surface area (Å²) in [7, 11) is 0. The van der Waals surface area contributed by atoms with Crippen molar-refractivity contribution in [2.75, 3.05) is 19.6 Å². The van der Waals surface area contributed by atoms with Gasteiger partial charge < -0.3 is 4.74 Å². The maximum Gasteiger partial charge on any atom is 0.0703 e. The van der Waals surface area contributed by atoms with Crippen LogP contribution in [-0.2, 0) is 4.74 Å². The van der Waals surface area contributed by atoms with E-state index in [9.17, 15) is 0 Å². The number of hydrogen-bond acceptors (Lipinski definition) is 2. The normalized spacial score (nSPS) is 23.0. The summed E-state index contributed by atoms with van der Waals surface area (Å²) in [5.74, 6) is 0. The van der Waals surface area contributed by atoms with Gasteiger partial charge in [0.05, 0.1) is 12.2 Å². The monoisotopic (exact) mass is 311 g/mol. The first-order chi connectivity index (χ1) is 10.8. The number of rotatable bonds is 13. The molecule has 132 valence electrons. The molecule has 2 atom stereocenters. The lowest BCUT2D eigenvalue weighted by Crippen LogP contribution is -2.47. The molecule has 0 bridgehead atoms. The highest BCUT2D eigenvalue weighted by atomic mass is 16.5. The van der Waals surface area contributed by atoms with Crippen LogP contribution in [0, 0.1) is 0 Å². The molecule has 1 rings (SSSR count). The molecular formula is C20H41NO. The van der Waals surface area contributed by atoms with Crippen molar-refractivity contribution in [3.63, 3.8) is 0 Å². The van der Waals surface area contributed by atoms with Crippen molar-refractivity contribution in [3.8, 4) is 0 Å². The van der Waals surface area contributed by atoms with Crippen LogP contribution in [0.4, 0.5) is 0 Å². The molecule has 0 aliphatic carbocycles. The number of nitrogens with zero attached hydrogens (tertiary/aromatic N) is 1. The third-order valence-corrected chi connectivity index (χ3v) is 5.05. The summed E-state index contributed by atoms with van der Waals surface area (Å²) >= 11 is 0. The molecule has 0 aromatic carbocycles. The smallest absolute Gasteiger partial charge is 0.0703 e. The summed E-state index contributed by atoms with van der Waals surface area (Å²) in [5, 5.41) is 0. The van der Waals surface area contributed by atoms with Crippen LogP contribution in [0.1, 0.15) is 97.8 Å². The molecule has 2 unspecified atom stereocenters. The van der Waals surface area contributed by atoms with Crippen molar-refractivity contribution in [1.29, 1.82) is 0 Å². The summed E-state index contributed by atoms with van der Waals surface area (Å²) in [5.41, 5.74) is 0. The second-order valence-electron chi connectivity index (χ2n) is 7.14. The highest BCUT2D eigenvalue weighted by Crippen LogP contribution is 2.17. The van der Waals surface area contributed by atoms with Crippen LogP contribution >= 0.6 is 0 Å². The fraction of sp³-hybridized carbons (Fsp3) is 1.00. The van der Waals surface area contributed by atoms with Gasteiger partial charge in [-0.1, -0.05) is 78.6 Å². The number of hydrogen-bond donors (Lipinski definition) is 0. The lowest BCUT2D eigenvalue weighted by molar-refractivity contribution is -0.0871. The first-order valence-electron chi connectivity index (χ1n) is 10.2. The van der Waals surface area contributed by atoms with Crippen LogP contribution in [0.3, 0.4) is 0 Å². The summed E-state index contributed by atoms with van der Waals surface area (Å²) in [4.78, 5) is 2.65. The van der Waals surface area contributed by atoms with Crippen molar-refractivity contribution in [2.24, 2.45) is 0 Å². The van der Waals surface area contributed by atoms with E-state index in [1.165, 1.54) is 70.8 Å². The Morgan fingerprint density at radius 3 is 1.59 bits per heavy atom. The van der Waals surface area contributed by atoms with Crippen molar-refractivity contribution < 1.29 is 4.74 Å². The molecule has 0 aromatic heterocycles. The molecule has 0 aromatic rings. The molecule has 22 heavy (non-hydrogen) atoms. The molecule has 1 aliphatic heterocycles. The first-order valence-corrected chi connectivity index (χ1v) is 10.2. The third kappa shape index (κ3) is 9.15. The van der Waals surface area contributed by atoms with Crippen molar-refractivity contribution in [2.45, 2.75) is 110 Å². The van der Waals surface area contributed by atoms with Crippen molar-refractivity contribution in [3.05, 3.63) is 0 Å². The molecular weight excluding hydrogens is 270 g/mol. The van der Waals surface area contributed by atoms with Gasteiger partial charge in [0.1, 0.15) is 0 Å². The molecule has 0 amide bonds. The molecule has 1 fully saturated rings. The average Bonchev–Trinajstić information content (AvgIpc) is 2.56. The van der Waals surface area contributed by atoms with Gasteiger partial charge in [0.25, 0.3) is 0 Å². The Labute approximate surface area is 140 Å². The predicted octanol–water partition coefficient (Wildman–Crippen LogP) is 5.80. The average molecular weight is 312 g/mol. The Morgan fingerprint density at radius 2 is 1.14 bits per heavy atom. The van der Waals surface area contributed by atoms with Crippen LogP contribution in [0.15, 0.2) is 0 Å². The van der Waals surface area contributed by atoms with Crippen molar-refractivity contribution >= 4 is 0 Å². The molecule has 2 heteroatoms. The van der Waals surface area contributed by atoms with Gasteiger partial charge in [-0.15, -0.1) is 0 Å². The van der Waals surface area contributed by atoms with Gasteiger partial charge in [0, 0.05) is 13.1 Å². The maximum absolute atomic E-state index is 6.07. The molecule has 0 spiro atoms. The van der Waals surface area contributed by atoms with Gasteiger partial charge >= 0.3 is 0 Å². The number of morpholine rings is 1. The van der Waals surface area contributed by atoms with Gasteiger partial charge in [-0.05, 0) is 25.8 Å². The highest BCUT2D eigenvalue weighted by Gasteiger charge is 2.24. The maximum atomic E-state index is 6.07. The quantitative estimate of drug-likeness (QED) is 0.399. The second kappa shape index (κ2) is 13.4. The Morgan fingerprint density at radius 1 is 0.682 bits per heavy atom. The molecule has 1 heterocycles. The molecule has 1 saturated heterocycles. The summed E-state index contributed by atoms with van der Waals surface area (Å²) in [6.07, 6.45) is 17.6. The molecule has 0 N–H and O–H groups in total. The van der Waals surface area contributed by atoms with Crippen LogP contribution in [-0.4, -0.2) is 36.7 Å². The number of unbranched alkanes of at least 4 members (excludes halogenated alkanes) is 9. The van der Waals surface area contributed by atoms with Crippen LogP contribution in [0.25, 0.3) is 0 Å². The van der Waals surface area contributed by atoms with E-state index in [0.29, 0.717) is 12.2 Å². The third-order valence-electron chi connectivity index (χ3n) is 5.05. The predicted molar refractivity (Wildman–Crippen MR) is 97.5 cm³/mol. The van der Waals surface area contributed by atoms with Crippen molar-refractivity contribution in [1.82, 2.24) is 4.90 Å². The first kappa shape index (κ1) is 20.0. The van der Waals surface area contributed by atoms with E-state index in [4.69, 9.17) is 4.74 Å². The SMILES string of the molecule is CCCCCCCCCCCCN1CC(CC)OC(CC)C1. The van der Waals surface area contributed by atoms with E-state index in [1.807, 2.05) is 0 Å². The minimum absolute atomic E-state index is 0.474. The molecule has 0 saturated carbocycles. The van der Waals surface area contributed by atoms with Gasteiger partial charge in [0.2, 0.25) is 0 Å². The lowest BCUT2D eigenvalue weighted by atomic mass is 10.1. The largest absolute Gasteiger partial charge is 0.372 e. The van der Waals surface area contributed by atoms with E-state index in [1.54, 1.807) is 0 Å². The second-order valence-corrected chi connectivity index (χ2v) is 7.14. The van der Waals surface area contributed by atoms with E-state index >= 15 is 0 Å². The van der Waals surface area contributed by atoms with Gasteiger partial charge in [-0.2, -0.15) is 0 Å². The Balaban J connectivity index is 1.95. The summed E-state index contributed by atoms with van der Waals surface area (Å²) in [6, 6.07) is 0. The zero-order valence-corrected chi connectivity index (χ0v) is 15.6. The van der Waals surface area contributed by atoms with E-state index in [2.05, 4.69) is 25.7 Å². The van der Waals surface area contributed by atoms with Crippen LogP contribution in [0.5, 0.6) is 0 Å². The van der Waals surface area contributed by atoms with Gasteiger partial charge in [-0.3, -0.25) is 4.90 Å². The lowest BCUT2D eigenvalue weighted by Gasteiger charge is -2.37. The molecule has 1 aliphatic rings. The fourth-order valence-electron chi connectivity index (χ4n) is 3.46. The Hall–Kier alpha value is -0.0800. The summed E-state index contributed by atoms with van der Waals surface area (Å²) in [6.45, 7) is 10.4. The van der Waals surface area contributed by atoms with E-state index < -0.39 is 0 Å². The topological polar surface area (TPSA) is 12.5 Å². The molecule has 0 radical (unpaired) electrons. The van der Waals surface area contributed by atoms with E-state index in [-0.39, 0.29) is 0 Å². The highest BCUT2D eigenvalue weighted by molar-refractivity contribution is 4.76. The van der Waals surface area contributed by atoms with Crippen LogP contribution in [0.2, 0.25) is 0 Å². The van der Waals surface area contributed by atoms with Gasteiger partial charge in [-0.25, -0.2) is 0 Å². The standard InChI is InChI=1S/C20H41NO/c1-4-7-8-9-10-11-12-13-14-15-16-21-17-19(5-2)22-20(6-3)18-21/h19-20H,4-18H2,1-3H3. The zero-order valence-electron chi connectivity index (χ0n) is 15.6. The minimum atomic E-state index is 0.474. The fourth-order valence-corrected chi connectivity index (χ4v) is 3.46. The van der Waals surface area contributed by atoms with Gasteiger partial charge in [0.15, 0.2) is 0 Å². The van der Waals surface area contributed by atoms with E-state index in [0.717, 1.165) is 25.9 Å². The summed E-state index contributed by atoms with van der Waals surface area (Å²) < 4.78 is 6.07. The molecule has 2 nitrogen and oxygen atoms in total. The minimum Gasteiger partial charge on any atom is -0.372 e.